The van der Waals surface area contributed by atoms with Crippen molar-refractivity contribution in [1.82, 2.24) is 20.2 Å². The molecular formula is C12H15N5. The van der Waals surface area contributed by atoms with Crippen molar-refractivity contribution in [2.45, 2.75) is 31.2 Å². The molecule has 0 fully saturated rings. The molecule has 5 heteroatoms. The molecule has 0 radical (unpaired) electrons. The number of hydrogen-bond acceptors (Lipinski definition) is 4. The number of aryl methyl sites for hydroxylation is 1. The molecule has 0 amide bonds. The van der Waals surface area contributed by atoms with Crippen LogP contribution in [0, 0.1) is 0 Å². The van der Waals surface area contributed by atoms with Crippen molar-refractivity contribution in [3.05, 3.63) is 41.7 Å². The van der Waals surface area contributed by atoms with E-state index in [4.69, 9.17) is 5.73 Å². The van der Waals surface area contributed by atoms with Gasteiger partial charge in [0, 0.05) is 17.8 Å². The van der Waals surface area contributed by atoms with Crippen LogP contribution in [0.2, 0.25) is 0 Å². The summed E-state index contributed by atoms with van der Waals surface area (Å²) in [5.41, 5.74) is 8.70. The minimum absolute atomic E-state index is 0.147. The Morgan fingerprint density at radius 1 is 1.41 bits per heavy atom. The average molecular weight is 229 g/mol. The maximum Gasteiger partial charge on any atom is 0.141 e. The van der Waals surface area contributed by atoms with Crippen molar-refractivity contribution in [3.63, 3.8) is 0 Å². The quantitative estimate of drug-likeness (QED) is 0.813. The Balaban J connectivity index is 1.95. The number of rotatable bonds is 2. The van der Waals surface area contributed by atoms with Gasteiger partial charge < -0.3 is 5.73 Å². The molecule has 2 unspecified atom stereocenters. The van der Waals surface area contributed by atoms with Crippen molar-refractivity contribution in [3.8, 4) is 0 Å². The zero-order chi connectivity index (χ0) is 11.7. The Hall–Kier alpha value is -1.75. The number of nitrogens with zero attached hydrogens (tertiary/aromatic N) is 3. The van der Waals surface area contributed by atoms with E-state index in [9.17, 15) is 0 Å². The third-order valence-corrected chi connectivity index (χ3v) is 3.42. The van der Waals surface area contributed by atoms with E-state index in [-0.39, 0.29) is 12.0 Å². The molecule has 0 aliphatic heterocycles. The maximum absolute atomic E-state index is 6.26. The first-order chi connectivity index (χ1) is 8.36. The third kappa shape index (κ3) is 1.82. The highest BCUT2D eigenvalue weighted by molar-refractivity contribution is 5.28. The van der Waals surface area contributed by atoms with E-state index in [0.717, 1.165) is 30.8 Å². The average Bonchev–Trinajstić information content (AvgIpc) is 2.91. The van der Waals surface area contributed by atoms with Crippen LogP contribution in [0.25, 0.3) is 0 Å². The Kier molecular flexibility index (Phi) is 2.60. The summed E-state index contributed by atoms with van der Waals surface area (Å²) in [6.45, 7) is 0. The lowest BCUT2D eigenvalue weighted by Gasteiger charge is -2.27. The van der Waals surface area contributed by atoms with Crippen LogP contribution in [0.4, 0.5) is 0 Å². The molecule has 3 rings (SSSR count). The lowest BCUT2D eigenvalue weighted by Crippen LogP contribution is -2.25. The summed E-state index contributed by atoms with van der Waals surface area (Å²) < 4.78 is 0. The van der Waals surface area contributed by atoms with Gasteiger partial charge in [0.15, 0.2) is 0 Å². The van der Waals surface area contributed by atoms with E-state index >= 15 is 0 Å². The first-order valence-electron chi connectivity index (χ1n) is 5.91. The molecular weight excluding hydrogens is 214 g/mol. The highest BCUT2D eigenvalue weighted by Gasteiger charge is 2.29. The molecule has 1 aliphatic rings. The summed E-state index contributed by atoms with van der Waals surface area (Å²) in [7, 11) is 0. The fourth-order valence-electron chi connectivity index (χ4n) is 2.56. The van der Waals surface area contributed by atoms with Gasteiger partial charge in [-0.1, -0.05) is 6.07 Å². The van der Waals surface area contributed by atoms with Gasteiger partial charge in [0.1, 0.15) is 12.2 Å². The number of H-pyrrole nitrogens is 1. The minimum atomic E-state index is -0.147. The zero-order valence-corrected chi connectivity index (χ0v) is 9.50. The van der Waals surface area contributed by atoms with E-state index in [2.05, 4.69) is 26.2 Å². The molecule has 2 aromatic rings. The summed E-state index contributed by atoms with van der Waals surface area (Å²) in [5.74, 6) is 0.987. The summed E-state index contributed by atoms with van der Waals surface area (Å²) in [6.07, 6.45) is 6.65. The van der Waals surface area contributed by atoms with Gasteiger partial charge in [-0.25, -0.2) is 4.98 Å². The van der Waals surface area contributed by atoms with Gasteiger partial charge >= 0.3 is 0 Å². The molecule has 2 atom stereocenters. The van der Waals surface area contributed by atoms with E-state index in [1.165, 1.54) is 11.9 Å². The number of nitrogens with one attached hydrogen (secondary N) is 1. The van der Waals surface area contributed by atoms with Crippen molar-refractivity contribution < 1.29 is 0 Å². The lowest BCUT2D eigenvalue weighted by atomic mass is 9.82. The second kappa shape index (κ2) is 4.25. The topological polar surface area (TPSA) is 80.5 Å². The first kappa shape index (κ1) is 10.4. The fraction of sp³-hybridized carbons (Fsp3) is 0.417. The summed E-state index contributed by atoms with van der Waals surface area (Å²) >= 11 is 0. The number of nitrogens with two attached hydrogens (primary N) is 1. The van der Waals surface area contributed by atoms with E-state index in [1.807, 2.05) is 12.3 Å². The SMILES string of the molecule is NC(c1ncn[nH]1)C1CCCc2cccnc21. The number of aromatic amines is 1. The molecule has 0 saturated heterocycles. The molecule has 0 spiro atoms. The van der Waals surface area contributed by atoms with Gasteiger partial charge in [0.25, 0.3) is 0 Å². The van der Waals surface area contributed by atoms with Crippen LogP contribution in [0.3, 0.4) is 0 Å². The second-order valence-electron chi connectivity index (χ2n) is 4.44. The van der Waals surface area contributed by atoms with Crippen LogP contribution in [-0.4, -0.2) is 20.2 Å². The molecule has 1 aliphatic carbocycles. The number of fused-ring (bicyclic) bond motifs is 1. The van der Waals surface area contributed by atoms with Crippen molar-refractivity contribution >= 4 is 0 Å². The van der Waals surface area contributed by atoms with Crippen molar-refractivity contribution in [2.24, 2.45) is 5.73 Å². The summed E-state index contributed by atoms with van der Waals surface area (Å²) in [4.78, 5) is 8.63. The normalized spacial score (nSPS) is 20.9. The van der Waals surface area contributed by atoms with Crippen LogP contribution >= 0.6 is 0 Å². The first-order valence-corrected chi connectivity index (χ1v) is 5.91. The van der Waals surface area contributed by atoms with E-state index in [1.54, 1.807) is 0 Å². The van der Waals surface area contributed by atoms with Crippen LogP contribution < -0.4 is 5.73 Å². The Morgan fingerprint density at radius 2 is 2.35 bits per heavy atom. The molecule has 5 nitrogen and oxygen atoms in total. The number of pyridine rings is 1. The van der Waals surface area contributed by atoms with Gasteiger partial charge in [-0.05, 0) is 30.9 Å². The molecule has 0 bridgehead atoms. The van der Waals surface area contributed by atoms with Gasteiger partial charge in [-0.15, -0.1) is 0 Å². The zero-order valence-electron chi connectivity index (χ0n) is 9.50. The van der Waals surface area contributed by atoms with E-state index < -0.39 is 0 Å². The van der Waals surface area contributed by atoms with Crippen LogP contribution in [0.1, 0.15) is 41.9 Å². The number of aromatic nitrogens is 4. The molecule has 88 valence electrons. The van der Waals surface area contributed by atoms with Crippen LogP contribution in [-0.2, 0) is 6.42 Å². The highest BCUT2D eigenvalue weighted by atomic mass is 15.2. The molecule has 2 aromatic heterocycles. The molecule has 0 saturated carbocycles. The largest absolute Gasteiger partial charge is 0.321 e. The highest BCUT2D eigenvalue weighted by Crippen LogP contribution is 2.36. The molecule has 3 N–H and O–H groups in total. The molecule has 17 heavy (non-hydrogen) atoms. The maximum atomic E-state index is 6.26. The van der Waals surface area contributed by atoms with Gasteiger partial charge in [-0.3, -0.25) is 10.1 Å². The second-order valence-corrected chi connectivity index (χ2v) is 4.44. The van der Waals surface area contributed by atoms with Crippen molar-refractivity contribution in [1.29, 1.82) is 0 Å². The Labute approximate surface area is 99.5 Å². The molecule has 2 heterocycles. The monoisotopic (exact) mass is 229 g/mol. The fourth-order valence-corrected chi connectivity index (χ4v) is 2.56. The van der Waals surface area contributed by atoms with Crippen LogP contribution in [0.5, 0.6) is 0 Å². The van der Waals surface area contributed by atoms with E-state index in [0.29, 0.717) is 0 Å². The molecule has 0 aromatic carbocycles. The summed E-state index contributed by atoms with van der Waals surface area (Å²) in [5, 5.41) is 6.71. The lowest BCUT2D eigenvalue weighted by molar-refractivity contribution is 0.449. The Morgan fingerprint density at radius 3 is 3.18 bits per heavy atom. The van der Waals surface area contributed by atoms with Gasteiger partial charge in [-0.2, -0.15) is 5.10 Å². The van der Waals surface area contributed by atoms with Gasteiger partial charge in [0.2, 0.25) is 0 Å². The standard InChI is InChI=1S/C12H15N5/c13-10(12-15-7-16-17-12)9-5-1-3-8-4-2-6-14-11(8)9/h2,4,6-7,9-10H,1,3,5,13H2,(H,15,16,17). The summed E-state index contributed by atoms with van der Waals surface area (Å²) in [6, 6.07) is 3.98. The van der Waals surface area contributed by atoms with Gasteiger partial charge in [0.05, 0.1) is 6.04 Å². The third-order valence-electron chi connectivity index (χ3n) is 3.42. The number of hydrogen-bond donors (Lipinski definition) is 2. The smallest absolute Gasteiger partial charge is 0.141 e. The predicted molar refractivity (Wildman–Crippen MR) is 63.2 cm³/mol. The van der Waals surface area contributed by atoms with Crippen LogP contribution in [0.15, 0.2) is 24.7 Å². The Bertz CT molecular complexity index is 493. The predicted octanol–water partition coefficient (Wildman–Crippen LogP) is 1.32. The minimum Gasteiger partial charge on any atom is -0.321 e. The van der Waals surface area contributed by atoms with Crippen molar-refractivity contribution in [2.75, 3.05) is 0 Å².